The summed E-state index contributed by atoms with van der Waals surface area (Å²) in [5, 5.41) is 9.04. The molecule has 0 bridgehead atoms. The van der Waals surface area contributed by atoms with Crippen molar-refractivity contribution in [3.63, 3.8) is 0 Å². The molecule has 0 saturated carbocycles. The minimum absolute atomic E-state index is 0.0737. The van der Waals surface area contributed by atoms with Crippen LogP contribution in [0.1, 0.15) is 83.9 Å². The fourth-order valence-corrected chi connectivity index (χ4v) is 5.03. The highest BCUT2D eigenvalue weighted by Crippen LogP contribution is 2.12. The zero-order chi connectivity index (χ0) is 34.5. The first kappa shape index (κ1) is 36.3. The first-order valence-electron chi connectivity index (χ1n) is 16.9. The van der Waals surface area contributed by atoms with Gasteiger partial charge in [0.05, 0.1) is 6.04 Å². The highest BCUT2D eigenvalue weighted by atomic mass is 16.2. The van der Waals surface area contributed by atoms with Gasteiger partial charge in [-0.3, -0.25) is 9.59 Å². The van der Waals surface area contributed by atoms with Crippen molar-refractivity contribution >= 4 is 18.1 Å². The number of hydrogen-bond acceptors (Lipinski definition) is 6. The lowest BCUT2D eigenvalue weighted by Crippen LogP contribution is -2.53. The molecule has 0 saturated heterocycles. The molecule has 250 valence electrons. The van der Waals surface area contributed by atoms with E-state index in [1.807, 2.05) is 60.7 Å². The molecule has 0 radical (unpaired) electrons. The number of pyridine rings is 2. The number of benzene rings is 2. The van der Waals surface area contributed by atoms with E-state index in [-0.39, 0.29) is 12.5 Å². The summed E-state index contributed by atoms with van der Waals surface area (Å²) in [7, 11) is 0. The number of carbonyl (C=O) groups excluding carboxylic acids is 3. The molecule has 4 rings (SSSR count). The molecule has 0 fully saturated rings. The topological polar surface area (TPSA) is 113 Å². The maximum absolute atomic E-state index is 13.7. The van der Waals surface area contributed by atoms with Gasteiger partial charge >= 0.3 is 0 Å². The summed E-state index contributed by atoms with van der Waals surface area (Å²) in [4.78, 5) is 47.5. The number of hydrogen-bond donors (Lipinski definition) is 3. The normalized spacial score (nSPS) is 11.5. The molecule has 0 aliphatic carbocycles. The molecule has 0 aliphatic heterocycles. The van der Waals surface area contributed by atoms with Crippen LogP contribution in [0.15, 0.2) is 97.3 Å². The highest BCUT2D eigenvalue weighted by Gasteiger charge is 2.23. The maximum atomic E-state index is 13.7. The van der Waals surface area contributed by atoms with Gasteiger partial charge in [-0.2, -0.15) is 0 Å². The number of rotatable bonds is 16. The second-order valence-electron chi connectivity index (χ2n) is 11.6. The fraction of sp³-hybridized carbons (Fsp3) is 0.293. The molecule has 8 heteroatoms. The molecule has 2 amide bonds. The van der Waals surface area contributed by atoms with Crippen molar-refractivity contribution in [3.05, 3.63) is 131 Å². The van der Waals surface area contributed by atoms with Gasteiger partial charge in [0.1, 0.15) is 23.7 Å². The van der Waals surface area contributed by atoms with E-state index in [0.717, 1.165) is 31.1 Å². The minimum Gasteiger partial charge on any atom is -0.354 e. The van der Waals surface area contributed by atoms with Crippen LogP contribution < -0.4 is 16.0 Å². The van der Waals surface area contributed by atoms with E-state index >= 15 is 0 Å². The van der Waals surface area contributed by atoms with Crippen LogP contribution >= 0.6 is 0 Å². The Kier molecular flexibility index (Phi) is 15.3. The molecular formula is C41H43N5O3. The quantitative estimate of drug-likeness (QED) is 0.0866. The Morgan fingerprint density at radius 2 is 1.41 bits per heavy atom. The number of aromatic nitrogens is 2. The largest absolute Gasteiger partial charge is 0.354 e. The van der Waals surface area contributed by atoms with Crippen molar-refractivity contribution in [2.45, 2.75) is 64.0 Å². The summed E-state index contributed by atoms with van der Waals surface area (Å²) >= 11 is 0. The molecule has 2 heterocycles. The molecule has 3 N–H and O–H groups in total. The third-order valence-corrected chi connectivity index (χ3v) is 7.76. The summed E-state index contributed by atoms with van der Waals surface area (Å²) in [6, 6.07) is 24.2. The third-order valence-electron chi connectivity index (χ3n) is 7.76. The van der Waals surface area contributed by atoms with E-state index < -0.39 is 18.0 Å². The summed E-state index contributed by atoms with van der Waals surface area (Å²) in [5.41, 5.74) is 3.65. The van der Waals surface area contributed by atoms with Gasteiger partial charge in [0.2, 0.25) is 5.91 Å². The number of unbranched alkanes of at least 4 members (excludes halogenated alkanes) is 5. The summed E-state index contributed by atoms with van der Waals surface area (Å²) in [5.74, 6) is 11.6. The number of aldehydes is 1. The molecule has 49 heavy (non-hydrogen) atoms. The highest BCUT2D eigenvalue weighted by molar-refractivity contribution is 5.98. The second kappa shape index (κ2) is 20.6. The average molecular weight is 654 g/mol. The molecule has 8 nitrogen and oxygen atoms in total. The SMILES string of the molecule is CCCCCCCCNC(=O)[C@H](CN[C@H](C=O)Cc1ccccc1)NC(=O)c1ccc(C#Cc2ccccn2)c(C#Cc2ccccn2)c1. The minimum atomic E-state index is -0.919. The molecule has 0 unspecified atom stereocenters. The number of amides is 2. The lowest BCUT2D eigenvalue weighted by atomic mass is 10.0. The van der Waals surface area contributed by atoms with Crippen LogP contribution in [0, 0.1) is 23.7 Å². The predicted octanol–water partition coefficient (Wildman–Crippen LogP) is 5.25. The van der Waals surface area contributed by atoms with Crippen LogP contribution in [0.4, 0.5) is 0 Å². The summed E-state index contributed by atoms with van der Waals surface area (Å²) in [6.07, 6.45) is 11.2. The number of carbonyl (C=O) groups is 3. The lowest BCUT2D eigenvalue weighted by molar-refractivity contribution is -0.123. The monoisotopic (exact) mass is 653 g/mol. The molecule has 2 atom stereocenters. The molecular weight excluding hydrogens is 610 g/mol. The second-order valence-corrected chi connectivity index (χ2v) is 11.6. The summed E-state index contributed by atoms with van der Waals surface area (Å²) in [6.45, 7) is 2.76. The van der Waals surface area contributed by atoms with Gasteiger partial charge in [-0.15, -0.1) is 0 Å². The van der Waals surface area contributed by atoms with Gasteiger partial charge in [-0.05, 0) is 72.7 Å². The van der Waals surface area contributed by atoms with Crippen LogP contribution in [0.2, 0.25) is 0 Å². The maximum Gasteiger partial charge on any atom is 0.252 e. The molecule has 0 aliphatic rings. The molecule has 0 spiro atoms. The number of nitrogens with zero attached hydrogens (tertiary/aromatic N) is 2. The third kappa shape index (κ3) is 12.9. The predicted molar refractivity (Wildman–Crippen MR) is 193 cm³/mol. The van der Waals surface area contributed by atoms with E-state index in [9.17, 15) is 14.4 Å². The van der Waals surface area contributed by atoms with E-state index in [2.05, 4.69) is 56.5 Å². The van der Waals surface area contributed by atoms with E-state index in [0.29, 0.717) is 41.0 Å². The van der Waals surface area contributed by atoms with Crippen molar-refractivity contribution in [1.29, 1.82) is 0 Å². The van der Waals surface area contributed by atoms with Gasteiger partial charge in [-0.25, -0.2) is 9.97 Å². The van der Waals surface area contributed by atoms with Crippen molar-refractivity contribution in [1.82, 2.24) is 25.9 Å². The summed E-state index contributed by atoms with van der Waals surface area (Å²) < 4.78 is 0. The van der Waals surface area contributed by atoms with Crippen molar-refractivity contribution in [2.24, 2.45) is 0 Å². The average Bonchev–Trinajstić information content (AvgIpc) is 3.15. The Labute approximate surface area is 289 Å². The van der Waals surface area contributed by atoms with E-state index in [1.54, 1.807) is 36.7 Å². The Morgan fingerprint density at radius 3 is 2.06 bits per heavy atom. The Bertz CT molecular complexity index is 1760. The molecule has 4 aromatic rings. The Morgan fingerprint density at radius 1 is 0.755 bits per heavy atom. The van der Waals surface area contributed by atoms with Crippen LogP contribution in [0.3, 0.4) is 0 Å². The zero-order valence-corrected chi connectivity index (χ0v) is 28.0. The fourth-order valence-electron chi connectivity index (χ4n) is 5.03. The van der Waals surface area contributed by atoms with E-state index in [4.69, 9.17) is 0 Å². The van der Waals surface area contributed by atoms with Gasteiger partial charge in [0, 0.05) is 42.2 Å². The number of nitrogens with one attached hydrogen (secondary N) is 3. The van der Waals surface area contributed by atoms with Gasteiger partial charge in [-0.1, -0.05) is 93.3 Å². The first-order chi connectivity index (χ1) is 24.1. The van der Waals surface area contributed by atoms with Crippen molar-refractivity contribution < 1.29 is 14.4 Å². The Hall–Kier alpha value is -5.57. The van der Waals surface area contributed by atoms with Gasteiger partial charge < -0.3 is 20.7 Å². The van der Waals surface area contributed by atoms with Gasteiger partial charge in [0.15, 0.2) is 0 Å². The lowest BCUT2D eigenvalue weighted by Gasteiger charge is -2.21. The van der Waals surface area contributed by atoms with Crippen molar-refractivity contribution in [3.8, 4) is 23.7 Å². The van der Waals surface area contributed by atoms with Crippen LogP contribution in [0.25, 0.3) is 0 Å². The van der Waals surface area contributed by atoms with Crippen LogP contribution in [-0.2, 0) is 16.0 Å². The van der Waals surface area contributed by atoms with E-state index in [1.165, 1.54) is 19.3 Å². The molecule has 2 aromatic carbocycles. The molecule has 2 aromatic heterocycles. The van der Waals surface area contributed by atoms with Crippen LogP contribution in [-0.4, -0.2) is 53.2 Å². The van der Waals surface area contributed by atoms with Crippen LogP contribution in [0.5, 0.6) is 0 Å². The Balaban J connectivity index is 1.52. The smallest absolute Gasteiger partial charge is 0.252 e. The standard InChI is InChI=1S/C41H43N5O3/c1-2-3-4-5-6-12-27-44-41(49)39(30-45-38(31-47)28-32-15-8-7-9-16-32)46-40(48)35-20-19-33(21-23-36-17-10-13-25-42-36)34(29-35)22-24-37-18-11-14-26-43-37/h7-11,13-20,25-26,29,31,38-39,45H,2-6,12,27-28,30H2,1H3,(H,44,49)(H,46,48)/t38-,39-/m0/s1. The zero-order valence-electron chi connectivity index (χ0n) is 28.0. The van der Waals surface area contributed by atoms with Crippen molar-refractivity contribution in [2.75, 3.05) is 13.1 Å². The first-order valence-corrected chi connectivity index (χ1v) is 16.9. The van der Waals surface area contributed by atoms with Gasteiger partial charge in [0.25, 0.3) is 5.91 Å².